The number of carbonyl (C=O) groups is 4. The quantitative estimate of drug-likeness (QED) is 0.416. The molecule has 0 aliphatic carbocycles. The van der Waals surface area contributed by atoms with E-state index in [4.69, 9.17) is 21.1 Å². The zero-order valence-corrected chi connectivity index (χ0v) is 20.4. The zero-order valence-electron chi connectivity index (χ0n) is 18.8. The number of amides is 5. The predicted molar refractivity (Wildman–Crippen MR) is 122 cm³/mol. The molecule has 1 aromatic rings. The summed E-state index contributed by atoms with van der Waals surface area (Å²) >= 11 is 10.3. The minimum atomic E-state index is -1.09. The van der Waals surface area contributed by atoms with Crippen LogP contribution in [0.1, 0.15) is 27.2 Å². The van der Waals surface area contributed by atoms with E-state index in [-0.39, 0.29) is 23.8 Å². The maximum Gasteiger partial charge on any atom is 0.334 e. The summed E-state index contributed by atoms with van der Waals surface area (Å²) in [5.74, 6) is -2.07. The molecule has 0 bridgehead atoms. The lowest BCUT2D eigenvalue weighted by Crippen LogP contribution is -2.62. The van der Waals surface area contributed by atoms with Gasteiger partial charge in [0.2, 0.25) is 0 Å². The molecule has 1 fully saturated rings. The Bertz CT molecular complexity index is 929. The van der Waals surface area contributed by atoms with Crippen LogP contribution in [0, 0.1) is 5.82 Å². The SMILES string of the molecule is CCOC(=O)CC(C)NC(=O)C(C)Oc1cc(N2C(=O)N(C)C(S)N(C)C2=O)c(F)cc1Cl. The Morgan fingerprint density at radius 3 is 2.33 bits per heavy atom. The van der Waals surface area contributed by atoms with Crippen molar-refractivity contribution in [3.63, 3.8) is 0 Å². The average molecular weight is 505 g/mol. The van der Waals surface area contributed by atoms with Gasteiger partial charge in [-0.05, 0) is 26.8 Å². The number of nitrogens with one attached hydrogen (secondary N) is 1. The minimum Gasteiger partial charge on any atom is -0.479 e. The van der Waals surface area contributed by atoms with Crippen molar-refractivity contribution < 1.29 is 33.0 Å². The molecule has 2 atom stereocenters. The van der Waals surface area contributed by atoms with Crippen molar-refractivity contribution in [2.45, 2.75) is 44.8 Å². The summed E-state index contributed by atoms with van der Waals surface area (Å²) in [4.78, 5) is 52.2. The molecule has 13 heteroatoms. The van der Waals surface area contributed by atoms with Crippen LogP contribution in [0.4, 0.5) is 19.7 Å². The normalized spacial score (nSPS) is 16.5. The Labute approximate surface area is 201 Å². The lowest BCUT2D eigenvalue weighted by Gasteiger charge is -2.41. The molecule has 0 aromatic heterocycles. The van der Waals surface area contributed by atoms with Crippen molar-refractivity contribution in [3.05, 3.63) is 23.0 Å². The highest BCUT2D eigenvalue weighted by molar-refractivity contribution is 7.80. The van der Waals surface area contributed by atoms with Gasteiger partial charge in [-0.15, -0.1) is 12.6 Å². The van der Waals surface area contributed by atoms with Gasteiger partial charge in [0.15, 0.2) is 11.6 Å². The predicted octanol–water partition coefficient (Wildman–Crippen LogP) is 2.84. The molecule has 0 spiro atoms. The molecule has 0 saturated carbocycles. The number of urea groups is 2. The van der Waals surface area contributed by atoms with Crippen LogP contribution in [-0.2, 0) is 14.3 Å². The molecule has 1 saturated heterocycles. The van der Waals surface area contributed by atoms with Crippen LogP contribution in [0.3, 0.4) is 0 Å². The summed E-state index contributed by atoms with van der Waals surface area (Å²) in [5.41, 5.74) is -1.22. The first-order valence-electron chi connectivity index (χ1n) is 10.0. The van der Waals surface area contributed by atoms with Gasteiger partial charge >= 0.3 is 18.0 Å². The Balaban J connectivity index is 2.21. The van der Waals surface area contributed by atoms with Crippen LogP contribution in [0.5, 0.6) is 5.75 Å². The molecule has 33 heavy (non-hydrogen) atoms. The molecule has 0 radical (unpaired) electrons. The first-order chi connectivity index (χ1) is 15.4. The number of nitrogens with zero attached hydrogens (tertiary/aromatic N) is 3. The molecule has 1 aliphatic rings. The van der Waals surface area contributed by atoms with Crippen LogP contribution in [-0.4, -0.2) is 72.1 Å². The fourth-order valence-corrected chi connectivity index (χ4v) is 3.36. The lowest BCUT2D eigenvalue weighted by atomic mass is 10.2. The number of thiol groups is 1. The Morgan fingerprint density at radius 1 is 1.21 bits per heavy atom. The van der Waals surface area contributed by atoms with Gasteiger partial charge < -0.3 is 14.8 Å². The highest BCUT2D eigenvalue weighted by Gasteiger charge is 2.41. The molecule has 10 nitrogen and oxygen atoms in total. The van der Waals surface area contributed by atoms with E-state index >= 15 is 0 Å². The number of esters is 1. The van der Waals surface area contributed by atoms with E-state index in [1.165, 1.54) is 21.0 Å². The molecule has 1 N–H and O–H groups in total. The van der Waals surface area contributed by atoms with E-state index in [0.717, 1.165) is 21.9 Å². The van der Waals surface area contributed by atoms with Crippen LogP contribution in [0.2, 0.25) is 5.02 Å². The number of rotatable bonds is 8. The van der Waals surface area contributed by atoms with Gasteiger partial charge in [0, 0.05) is 26.2 Å². The van der Waals surface area contributed by atoms with Gasteiger partial charge in [-0.1, -0.05) is 11.6 Å². The summed E-state index contributed by atoms with van der Waals surface area (Å²) in [6.45, 7) is 4.96. The highest BCUT2D eigenvalue weighted by Crippen LogP contribution is 2.35. The Morgan fingerprint density at radius 2 is 1.79 bits per heavy atom. The van der Waals surface area contributed by atoms with E-state index in [0.29, 0.717) is 4.90 Å². The third kappa shape index (κ3) is 5.99. The number of anilines is 1. The van der Waals surface area contributed by atoms with Crippen LogP contribution in [0.25, 0.3) is 0 Å². The first kappa shape index (κ1) is 26.5. The molecule has 1 aromatic carbocycles. The number of carbonyl (C=O) groups excluding carboxylic acids is 4. The van der Waals surface area contributed by atoms with Crippen molar-refractivity contribution in [2.75, 3.05) is 25.6 Å². The smallest absolute Gasteiger partial charge is 0.334 e. The maximum absolute atomic E-state index is 14.7. The van der Waals surface area contributed by atoms with E-state index in [1.54, 1.807) is 13.8 Å². The third-order valence-corrected chi connectivity index (χ3v) is 5.75. The second-order valence-electron chi connectivity index (χ2n) is 7.38. The fourth-order valence-electron chi connectivity index (χ4n) is 2.97. The van der Waals surface area contributed by atoms with Crippen molar-refractivity contribution >= 4 is 53.9 Å². The van der Waals surface area contributed by atoms with Gasteiger partial charge in [-0.3, -0.25) is 19.4 Å². The topological polar surface area (TPSA) is 108 Å². The fraction of sp³-hybridized carbons (Fsp3) is 0.500. The van der Waals surface area contributed by atoms with Crippen molar-refractivity contribution in [1.29, 1.82) is 0 Å². The number of ether oxygens (including phenoxy) is 2. The number of halogens is 2. The molecule has 182 valence electrons. The molecular weight excluding hydrogens is 479 g/mol. The van der Waals surface area contributed by atoms with Crippen molar-refractivity contribution in [1.82, 2.24) is 15.1 Å². The van der Waals surface area contributed by atoms with Crippen LogP contribution >= 0.6 is 24.2 Å². The van der Waals surface area contributed by atoms with E-state index < -0.39 is 53.1 Å². The number of imide groups is 1. The maximum atomic E-state index is 14.7. The van der Waals surface area contributed by atoms with E-state index in [2.05, 4.69) is 17.9 Å². The van der Waals surface area contributed by atoms with E-state index in [9.17, 15) is 23.6 Å². The van der Waals surface area contributed by atoms with Gasteiger partial charge in [0.1, 0.15) is 11.6 Å². The Kier molecular flexibility index (Phi) is 8.78. The van der Waals surface area contributed by atoms with Gasteiger partial charge in [0.25, 0.3) is 5.91 Å². The average Bonchev–Trinajstić information content (AvgIpc) is 2.73. The lowest BCUT2D eigenvalue weighted by molar-refractivity contribution is -0.143. The number of benzene rings is 1. The summed E-state index contributed by atoms with van der Waals surface area (Å²) in [7, 11) is 2.82. The highest BCUT2D eigenvalue weighted by atomic mass is 35.5. The zero-order chi connectivity index (χ0) is 25.0. The van der Waals surface area contributed by atoms with Gasteiger partial charge in [0.05, 0.1) is 23.7 Å². The molecule has 1 heterocycles. The largest absolute Gasteiger partial charge is 0.479 e. The number of hydrogen-bond acceptors (Lipinski definition) is 7. The van der Waals surface area contributed by atoms with Gasteiger partial charge in [-0.2, -0.15) is 0 Å². The summed E-state index contributed by atoms with van der Waals surface area (Å²) in [5, 5.41) is 2.44. The molecule has 2 rings (SSSR count). The minimum absolute atomic E-state index is 0.0277. The summed E-state index contributed by atoms with van der Waals surface area (Å²) in [6, 6.07) is -0.175. The first-order valence-corrected chi connectivity index (χ1v) is 10.9. The van der Waals surface area contributed by atoms with Crippen molar-refractivity contribution in [2.24, 2.45) is 0 Å². The summed E-state index contributed by atoms with van der Waals surface area (Å²) in [6.07, 6.45) is -1.12. The summed E-state index contributed by atoms with van der Waals surface area (Å²) < 4.78 is 25.1. The molecular formula is C20H26ClFN4O6S. The number of hydrogen-bond donors (Lipinski definition) is 2. The monoisotopic (exact) mass is 504 g/mol. The molecule has 5 amide bonds. The van der Waals surface area contributed by atoms with Crippen molar-refractivity contribution in [3.8, 4) is 5.75 Å². The third-order valence-electron chi connectivity index (χ3n) is 4.76. The molecule has 1 aliphatic heterocycles. The second kappa shape index (κ2) is 10.9. The van der Waals surface area contributed by atoms with Gasteiger partial charge in [-0.25, -0.2) is 18.9 Å². The molecule has 2 unspecified atom stereocenters. The van der Waals surface area contributed by atoms with E-state index in [1.807, 2.05) is 0 Å². The second-order valence-corrected chi connectivity index (χ2v) is 8.25. The Hall–Kier alpha value is -2.73. The van der Waals surface area contributed by atoms with Crippen LogP contribution in [0.15, 0.2) is 12.1 Å². The standard InChI is InChI=1S/C20H26ClFN4O6S/c1-6-31-16(27)7-10(2)23-17(28)11(3)32-15-9-14(13(22)8-12(15)21)26-18(29)24(4)20(33)25(5)19(26)30/h8-11,20,33H,6-7H2,1-5H3,(H,23,28). The van der Waals surface area contributed by atoms with Crippen LogP contribution < -0.4 is 15.0 Å².